The number of hydrogen-bond donors (Lipinski definition) is 2. The van der Waals surface area contributed by atoms with Crippen LogP contribution in [0.4, 0.5) is 21.2 Å². The van der Waals surface area contributed by atoms with Gasteiger partial charge in [0.2, 0.25) is 5.95 Å². The molecule has 0 saturated carbocycles. The van der Waals surface area contributed by atoms with Gasteiger partial charge >= 0.3 is 0 Å². The van der Waals surface area contributed by atoms with Gasteiger partial charge in [-0.25, -0.2) is 19.3 Å². The minimum atomic E-state index is -0.307. The largest absolute Gasteiger partial charge is 0.365 e. The van der Waals surface area contributed by atoms with E-state index < -0.39 is 0 Å². The highest BCUT2D eigenvalue weighted by molar-refractivity contribution is 7.19. The summed E-state index contributed by atoms with van der Waals surface area (Å²) in [7, 11) is 1.83. The van der Waals surface area contributed by atoms with Crippen LogP contribution in [0.2, 0.25) is 0 Å². The van der Waals surface area contributed by atoms with Crippen LogP contribution in [0, 0.1) is 12.7 Å². The van der Waals surface area contributed by atoms with Crippen LogP contribution >= 0.6 is 11.3 Å². The summed E-state index contributed by atoms with van der Waals surface area (Å²) in [5.41, 5.74) is 2.30. The van der Waals surface area contributed by atoms with E-state index in [1.165, 1.54) is 23.5 Å². The molecule has 2 aromatic heterocycles. The van der Waals surface area contributed by atoms with Crippen LogP contribution in [-0.4, -0.2) is 22.0 Å². The molecule has 0 aliphatic rings. The highest BCUT2D eigenvalue weighted by Gasteiger charge is 2.11. The van der Waals surface area contributed by atoms with Gasteiger partial charge in [0.25, 0.3) is 0 Å². The Morgan fingerprint density at radius 2 is 2.05 bits per heavy atom. The van der Waals surface area contributed by atoms with Crippen LogP contribution in [0.3, 0.4) is 0 Å². The molecule has 0 bridgehead atoms. The average molecular weight is 315 g/mol. The van der Waals surface area contributed by atoms with Crippen molar-refractivity contribution in [1.82, 2.24) is 15.0 Å². The Bertz CT molecular complexity index is 802. The number of benzene rings is 1. The Morgan fingerprint density at radius 1 is 1.18 bits per heavy atom. The van der Waals surface area contributed by atoms with Gasteiger partial charge in [-0.1, -0.05) is 17.4 Å². The van der Waals surface area contributed by atoms with Crippen LogP contribution in [0.5, 0.6) is 0 Å². The molecular weight excluding hydrogens is 301 g/mol. The lowest BCUT2D eigenvalue weighted by Gasteiger charge is -2.06. The maximum Gasteiger partial charge on any atom is 0.227 e. The molecule has 1 aromatic carbocycles. The van der Waals surface area contributed by atoms with E-state index >= 15 is 0 Å². The molecule has 0 spiro atoms. The number of nitrogens with zero attached hydrogens (tertiary/aromatic N) is 3. The van der Waals surface area contributed by atoms with Crippen molar-refractivity contribution in [2.45, 2.75) is 6.92 Å². The summed E-state index contributed by atoms with van der Waals surface area (Å²) in [6, 6.07) is 8.01. The Hall–Kier alpha value is -2.54. The molecule has 0 fully saturated rings. The fourth-order valence-corrected chi connectivity index (χ4v) is 2.87. The van der Waals surface area contributed by atoms with Gasteiger partial charge in [-0.15, -0.1) is 0 Å². The molecule has 112 valence electrons. The molecule has 2 heterocycles. The molecule has 3 rings (SSSR count). The fraction of sp³-hybridized carbons (Fsp3) is 0.133. The first-order valence-electron chi connectivity index (χ1n) is 6.67. The van der Waals surface area contributed by atoms with Crippen molar-refractivity contribution in [3.63, 3.8) is 0 Å². The van der Waals surface area contributed by atoms with E-state index in [-0.39, 0.29) is 5.82 Å². The topological polar surface area (TPSA) is 62.7 Å². The SMILES string of the molecule is CNc1nc(C)c(-c2ccnc(Nc3cccc(F)c3)n2)s1. The Kier molecular flexibility index (Phi) is 3.97. The van der Waals surface area contributed by atoms with Gasteiger partial charge in [0.15, 0.2) is 5.13 Å². The Balaban J connectivity index is 1.90. The van der Waals surface area contributed by atoms with Gasteiger partial charge in [-0.2, -0.15) is 0 Å². The molecule has 0 radical (unpaired) electrons. The van der Waals surface area contributed by atoms with Crippen LogP contribution < -0.4 is 10.6 Å². The summed E-state index contributed by atoms with van der Waals surface area (Å²) >= 11 is 1.53. The van der Waals surface area contributed by atoms with E-state index in [4.69, 9.17) is 0 Å². The average Bonchev–Trinajstić information content (AvgIpc) is 2.89. The zero-order valence-electron chi connectivity index (χ0n) is 12.1. The molecule has 3 aromatic rings. The molecule has 0 saturated heterocycles. The van der Waals surface area contributed by atoms with Crippen molar-refractivity contribution in [2.75, 3.05) is 17.7 Å². The van der Waals surface area contributed by atoms with E-state index in [2.05, 4.69) is 25.6 Å². The minimum Gasteiger partial charge on any atom is -0.365 e. The normalized spacial score (nSPS) is 10.5. The van der Waals surface area contributed by atoms with Gasteiger partial charge in [0.05, 0.1) is 16.3 Å². The number of aromatic nitrogens is 3. The third kappa shape index (κ3) is 3.04. The highest BCUT2D eigenvalue weighted by Crippen LogP contribution is 2.31. The fourth-order valence-electron chi connectivity index (χ4n) is 1.98. The van der Waals surface area contributed by atoms with Crippen LogP contribution in [0.15, 0.2) is 36.5 Å². The maximum atomic E-state index is 13.2. The molecule has 0 atom stereocenters. The van der Waals surface area contributed by atoms with E-state index in [9.17, 15) is 4.39 Å². The smallest absolute Gasteiger partial charge is 0.227 e. The lowest BCUT2D eigenvalue weighted by Crippen LogP contribution is -1.98. The first-order valence-corrected chi connectivity index (χ1v) is 7.48. The first kappa shape index (κ1) is 14.4. The van der Waals surface area contributed by atoms with Crippen molar-refractivity contribution < 1.29 is 4.39 Å². The summed E-state index contributed by atoms with van der Waals surface area (Å²) in [4.78, 5) is 14.0. The van der Waals surface area contributed by atoms with Crippen LogP contribution in [-0.2, 0) is 0 Å². The third-order valence-electron chi connectivity index (χ3n) is 2.98. The van der Waals surface area contributed by atoms with Crippen molar-refractivity contribution in [3.05, 3.63) is 48.0 Å². The maximum absolute atomic E-state index is 13.2. The van der Waals surface area contributed by atoms with Gasteiger partial charge in [0.1, 0.15) is 5.82 Å². The van der Waals surface area contributed by atoms with E-state index in [1.807, 2.05) is 20.0 Å². The second-order valence-corrected chi connectivity index (χ2v) is 5.58. The summed E-state index contributed by atoms with van der Waals surface area (Å²) in [6.07, 6.45) is 1.67. The molecule has 0 unspecified atom stereocenters. The molecule has 5 nitrogen and oxygen atoms in total. The van der Waals surface area contributed by atoms with Gasteiger partial charge in [-0.3, -0.25) is 0 Å². The zero-order valence-corrected chi connectivity index (χ0v) is 12.9. The van der Waals surface area contributed by atoms with Gasteiger partial charge in [0, 0.05) is 18.9 Å². The van der Waals surface area contributed by atoms with E-state index in [0.29, 0.717) is 11.6 Å². The lowest BCUT2D eigenvalue weighted by atomic mass is 10.3. The summed E-state index contributed by atoms with van der Waals surface area (Å²) < 4.78 is 13.2. The van der Waals surface area contributed by atoms with Crippen molar-refractivity contribution in [2.24, 2.45) is 0 Å². The molecule has 0 aliphatic carbocycles. The second-order valence-electron chi connectivity index (χ2n) is 4.58. The molecule has 0 amide bonds. The Labute approximate surface area is 131 Å². The van der Waals surface area contributed by atoms with Gasteiger partial charge in [-0.05, 0) is 31.2 Å². The van der Waals surface area contributed by atoms with E-state index in [0.717, 1.165) is 21.4 Å². The lowest BCUT2D eigenvalue weighted by molar-refractivity contribution is 0.628. The second kappa shape index (κ2) is 6.07. The summed E-state index contributed by atoms with van der Waals surface area (Å²) in [6.45, 7) is 1.94. The van der Waals surface area contributed by atoms with Gasteiger partial charge < -0.3 is 10.6 Å². The molecule has 7 heteroatoms. The number of thiazole rings is 1. The number of aryl methyl sites for hydroxylation is 1. The van der Waals surface area contributed by atoms with E-state index in [1.54, 1.807) is 18.3 Å². The Morgan fingerprint density at radius 3 is 2.77 bits per heavy atom. The quantitative estimate of drug-likeness (QED) is 0.766. The molecule has 2 N–H and O–H groups in total. The van der Waals surface area contributed by atoms with Crippen molar-refractivity contribution >= 4 is 28.1 Å². The minimum absolute atomic E-state index is 0.307. The number of hydrogen-bond acceptors (Lipinski definition) is 6. The number of anilines is 3. The zero-order chi connectivity index (χ0) is 15.5. The van der Waals surface area contributed by atoms with Crippen LogP contribution in [0.1, 0.15) is 5.69 Å². The monoisotopic (exact) mass is 315 g/mol. The third-order valence-corrected chi connectivity index (χ3v) is 4.18. The van der Waals surface area contributed by atoms with Crippen molar-refractivity contribution in [3.8, 4) is 10.6 Å². The predicted molar refractivity (Wildman–Crippen MR) is 87.1 cm³/mol. The molecule has 22 heavy (non-hydrogen) atoms. The standard InChI is InChI=1S/C15H14FN5S/c1-9-13(22-15(17-2)19-9)12-6-7-18-14(21-12)20-11-5-3-4-10(16)8-11/h3-8H,1-2H3,(H,17,19)(H,18,20,21). The first-order chi connectivity index (χ1) is 10.7. The van der Waals surface area contributed by atoms with Crippen LogP contribution in [0.25, 0.3) is 10.6 Å². The number of halogens is 1. The highest BCUT2D eigenvalue weighted by atomic mass is 32.1. The van der Waals surface area contributed by atoms with Crippen molar-refractivity contribution in [1.29, 1.82) is 0 Å². The predicted octanol–water partition coefficient (Wildman–Crippen LogP) is 3.83. The number of nitrogens with one attached hydrogen (secondary N) is 2. The summed E-state index contributed by atoms with van der Waals surface area (Å²) in [5.74, 6) is 0.111. The molecular formula is C15H14FN5S. The summed E-state index contributed by atoms with van der Waals surface area (Å²) in [5, 5.41) is 6.87. The molecule has 0 aliphatic heterocycles. The number of rotatable bonds is 4.